The highest BCUT2D eigenvalue weighted by molar-refractivity contribution is 7.11. The van der Waals surface area contributed by atoms with Crippen molar-refractivity contribution in [3.63, 3.8) is 0 Å². The molecule has 0 atom stereocenters. The molecular weight excluding hydrogens is 168 g/mol. The first kappa shape index (κ1) is 9.33. The Morgan fingerprint density at radius 3 is 3.08 bits per heavy atom. The van der Waals surface area contributed by atoms with Crippen molar-refractivity contribution in [2.24, 2.45) is 0 Å². The maximum Gasteiger partial charge on any atom is 0.129 e. The zero-order chi connectivity index (χ0) is 8.81. The van der Waals surface area contributed by atoms with Crippen LogP contribution in [-0.4, -0.2) is 6.61 Å². The molecule has 1 nitrogen and oxygen atoms in total. The molecule has 1 aromatic rings. The van der Waals surface area contributed by atoms with Crippen LogP contribution >= 0.6 is 11.3 Å². The summed E-state index contributed by atoms with van der Waals surface area (Å²) < 4.78 is 5.44. The van der Waals surface area contributed by atoms with Crippen molar-refractivity contribution in [1.82, 2.24) is 0 Å². The average molecular weight is 182 g/mol. The maximum absolute atomic E-state index is 5.44. The third-order valence-corrected chi connectivity index (χ3v) is 2.48. The van der Waals surface area contributed by atoms with E-state index >= 15 is 0 Å². The van der Waals surface area contributed by atoms with E-state index in [9.17, 15) is 0 Å². The summed E-state index contributed by atoms with van der Waals surface area (Å²) in [7, 11) is 0. The second-order valence-electron chi connectivity index (χ2n) is 2.60. The second kappa shape index (κ2) is 4.99. The summed E-state index contributed by atoms with van der Waals surface area (Å²) in [5.41, 5.74) is 0. The molecule has 0 saturated carbocycles. The summed E-state index contributed by atoms with van der Waals surface area (Å²) in [4.78, 5) is 1.13. The van der Waals surface area contributed by atoms with Crippen molar-refractivity contribution in [3.8, 4) is 0 Å². The fourth-order valence-corrected chi connectivity index (χ4v) is 1.50. The molecule has 0 aliphatic heterocycles. The van der Waals surface area contributed by atoms with Crippen LogP contribution in [-0.2, 0) is 4.74 Å². The van der Waals surface area contributed by atoms with Crippen molar-refractivity contribution >= 4 is 17.1 Å². The Labute approximate surface area is 77.7 Å². The minimum absolute atomic E-state index is 0.785. The summed E-state index contributed by atoms with van der Waals surface area (Å²) in [5.74, 6) is 0.804. The standard InChI is InChI=1S/C10H14OS/c1-3-4-7-11-9(2)10-6-5-8-12-10/h5-6,8H,2-4,7H2,1H3. The maximum atomic E-state index is 5.44. The number of hydrogen-bond acceptors (Lipinski definition) is 2. The predicted molar refractivity (Wildman–Crippen MR) is 54.2 cm³/mol. The Balaban J connectivity index is 2.30. The van der Waals surface area contributed by atoms with Gasteiger partial charge in [0.05, 0.1) is 11.5 Å². The molecule has 0 fully saturated rings. The van der Waals surface area contributed by atoms with Gasteiger partial charge in [0, 0.05) is 0 Å². The Kier molecular flexibility index (Phi) is 3.88. The zero-order valence-corrected chi connectivity index (χ0v) is 8.19. The monoisotopic (exact) mass is 182 g/mol. The normalized spacial score (nSPS) is 9.75. The molecule has 0 unspecified atom stereocenters. The first-order valence-corrected chi connectivity index (χ1v) is 5.08. The second-order valence-corrected chi connectivity index (χ2v) is 3.55. The zero-order valence-electron chi connectivity index (χ0n) is 7.38. The van der Waals surface area contributed by atoms with Gasteiger partial charge in [-0.25, -0.2) is 0 Å². The van der Waals surface area contributed by atoms with Crippen LogP contribution in [0.5, 0.6) is 0 Å². The molecular formula is C10H14OS. The SMILES string of the molecule is C=C(OCCCC)c1cccs1. The summed E-state index contributed by atoms with van der Waals surface area (Å²) in [6, 6.07) is 4.04. The molecule has 0 N–H and O–H groups in total. The van der Waals surface area contributed by atoms with Crippen molar-refractivity contribution < 1.29 is 4.74 Å². The number of rotatable bonds is 5. The molecule has 1 heterocycles. The fourth-order valence-electron chi connectivity index (χ4n) is 0.848. The van der Waals surface area contributed by atoms with Crippen LogP contribution in [0, 0.1) is 0 Å². The van der Waals surface area contributed by atoms with E-state index in [0.29, 0.717) is 0 Å². The molecule has 12 heavy (non-hydrogen) atoms. The first-order chi connectivity index (χ1) is 5.84. The van der Waals surface area contributed by atoms with Crippen LogP contribution in [0.25, 0.3) is 5.76 Å². The Morgan fingerprint density at radius 2 is 2.50 bits per heavy atom. The molecule has 2 heteroatoms. The van der Waals surface area contributed by atoms with Gasteiger partial charge in [-0.05, 0) is 17.9 Å². The lowest BCUT2D eigenvalue weighted by molar-refractivity contribution is 0.272. The summed E-state index contributed by atoms with van der Waals surface area (Å²) in [6.07, 6.45) is 2.27. The number of hydrogen-bond donors (Lipinski definition) is 0. The van der Waals surface area contributed by atoms with E-state index in [0.717, 1.165) is 30.1 Å². The van der Waals surface area contributed by atoms with Gasteiger partial charge in [0.1, 0.15) is 5.76 Å². The van der Waals surface area contributed by atoms with Crippen molar-refractivity contribution in [2.75, 3.05) is 6.61 Å². The van der Waals surface area contributed by atoms with Crippen LogP contribution in [0.15, 0.2) is 24.1 Å². The molecule has 0 aliphatic rings. The Bertz CT molecular complexity index is 226. The number of thiophene rings is 1. The van der Waals surface area contributed by atoms with Crippen LogP contribution < -0.4 is 0 Å². The van der Waals surface area contributed by atoms with E-state index in [-0.39, 0.29) is 0 Å². The summed E-state index contributed by atoms with van der Waals surface area (Å²) in [6.45, 7) is 6.79. The van der Waals surface area contributed by atoms with Crippen LogP contribution in [0.4, 0.5) is 0 Å². The largest absolute Gasteiger partial charge is 0.493 e. The molecule has 0 amide bonds. The van der Waals surface area contributed by atoms with Crippen molar-refractivity contribution in [1.29, 1.82) is 0 Å². The Morgan fingerprint density at radius 1 is 1.67 bits per heavy atom. The lowest BCUT2D eigenvalue weighted by Gasteiger charge is -2.05. The van der Waals surface area contributed by atoms with E-state index < -0.39 is 0 Å². The van der Waals surface area contributed by atoms with E-state index in [1.165, 1.54) is 0 Å². The van der Waals surface area contributed by atoms with Gasteiger partial charge in [-0.1, -0.05) is 26.0 Å². The minimum atomic E-state index is 0.785. The van der Waals surface area contributed by atoms with Crippen LogP contribution in [0.1, 0.15) is 24.6 Å². The third-order valence-electron chi connectivity index (χ3n) is 1.57. The van der Waals surface area contributed by atoms with E-state index in [2.05, 4.69) is 13.5 Å². The van der Waals surface area contributed by atoms with Gasteiger partial charge >= 0.3 is 0 Å². The quantitative estimate of drug-likeness (QED) is 0.500. The predicted octanol–water partition coefficient (Wildman–Crippen LogP) is 3.54. The summed E-state index contributed by atoms with van der Waals surface area (Å²) in [5, 5.41) is 2.03. The molecule has 1 rings (SSSR count). The molecule has 0 aromatic carbocycles. The molecule has 1 aromatic heterocycles. The third kappa shape index (κ3) is 2.70. The lowest BCUT2D eigenvalue weighted by atomic mass is 10.3. The highest BCUT2D eigenvalue weighted by atomic mass is 32.1. The molecule has 0 aliphatic carbocycles. The van der Waals surface area contributed by atoms with Gasteiger partial charge in [0.25, 0.3) is 0 Å². The molecule has 0 bridgehead atoms. The molecule has 0 spiro atoms. The summed E-state index contributed by atoms with van der Waals surface area (Å²) >= 11 is 1.66. The van der Waals surface area contributed by atoms with Gasteiger partial charge in [-0.3, -0.25) is 0 Å². The van der Waals surface area contributed by atoms with Crippen LogP contribution in [0.3, 0.4) is 0 Å². The van der Waals surface area contributed by atoms with E-state index in [1.807, 2.05) is 17.5 Å². The lowest BCUT2D eigenvalue weighted by Crippen LogP contribution is -1.90. The van der Waals surface area contributed by atoms with Gasteiger partial charge in [0.15, 0.2) is 0 Å². The van der Waals surface area contributed by atoms with Crippen molar-refractivity contribution in [3.05, 3.63) is 29.0 Å². The van der Waals surface area contributed by atoms with Crippen molar-refractivity contribution in [2.45, 2.75) is 19.8 Å². The van der Waals surface area contributed by atoms with Gasteiger partial charge in [-0.15, -0.1) is 11.3 Å². The smallest absolute Gasteiger partial charge is 0.129 e. The van der Waals surface area contributed by atoms with Gasteiger partial charge < -0.3 is 4.74 Å². The molecule has 0 radical (unpaired) electrons. The Hall–Kier alpha value is -0.760. The number of unbranched alkanes of at least 4 members (excludes halogenated alkanes) is 1. The topological polar surface area (TPSA) is 9.23 Å². The highest BCUT2D eigenvalue weighted by Crippen LogP contribution is 2.19. The molecule has 0 saturated heterocycles. The average Bonchev–Trinajstić information content (AvgIpc) is 2.56. The fraction of sp³-hybridized carbons (Fsp3) is 0.400. The molecule has 66 valence electrons. The minimum Gasteiger partial charge on any atom is -0.493 e. The van der Waals surface area contributed by atoms with E-state index in [4.69, 9.17) is 4.74 Å². The highest BCUT2D eigenvalue weighted by Gasteiger charge is 1.98. The number of ether oxygens (including phenoxy) is 1. The van der Waals surface area contributed by atoms with E-state index in [1.54, 1.807) is 11.3 Å². The first-order valence-electron chi connectivity index (χ1n) is 4.20. The van der Waals surface area contributed by atoms with Crippen LogP contribution in [0.2, 0.25) is 0 Å². The van der Waals surface area contributed by atoms with Gasteiger partial charge in [-0.2, -0.15) is 0 Å². The van der Waals surface area contributed by atoms with Gasteiger partial charge in [0.2, 0.25) is 0 Å².